The molecule has 3 heterocycles. The summed E-state index contributed by atoms with van der Waals surface area (Å²) in [5.74, 6) is -0.0727. The topological polar surface area (TPSA) is 66.0 Å². The van der Waals surface area contributed by atoms with Crippen LogP contribution in [0.25, 0.3) is 21.3 Å². The minimum atomic E-state index is -0.213. The van der Waals surface area contributed by atoms with Gasteiger partial charge in [0.05, 0.1) is 4.88 Å². The van der Waals surface area contributed by atoms with Crippen molar-refractivity contribution in [2.24, 2.45) is 0 Å². The van der Waals surface area contributed by atoms with E-state index in [1.54, 1.807) is 0 Å². The van der Waals surface area contributed by atoms with Crippen molar-refractivity contribution in [1.82, 2.24) is 9.97 Å². The molecular weight excluding hydrogens is 436 g/mol. The maximum atomic E-state index is 12.1. The number of nitrogens with one attached hydrogen (secondary N) is 1. The third-order valence-electron chi connectivity index (χ3n) is 6.57. The van der Waals surface area contributed by atoms with Crippen molar-refractivity contribution in [1.29, 1.82) is 0 Å². The molecule has 0 spiro atoms. The van der Waals surface area contributed by atoms with Crippen LogP contribution in [0.3, 0.4) is 0 Å². The SMILES string of the molecule is CCCC(c1sc(=O)[nH]c1O)c1c(C)nc2sc3c(c2c1-c1ccc(C)cc1)CCCC3. The van der Waals surface area contributed by atoms with Crippen molar-refractivity contribution in [3.05, 3.63) is 66.1 Å². The maximum absolute atomic E-state index is 12.1. The van der Waals surface area contributed by atoms with Gasteiger partial charge in [-0.3, -0.25) is 9.78 Å². The van der Waals surface area contributed by atoms with Crippen molar-refractivity contribution < 1.29 is 5.11 Å². The second-order valence-electron chi connectivity index (χ2n) is 8.81. The smallest absolute Gasteiger partial charge is 0.307 e. The first-order chi connectivity index (χ1) is 15.5. The van der Waals surface area contributed by atoms with Crippen LogP contribution < -0.4 is 4.87 Å². The van der Waals surface area contributed by atoms with E-state index in [1.807, 2.05) is 11.3 Å². The fourth-order valence-electron chi connectivity index (χ4n) is 5.13. The Morgan fingerprint density at radius 1 is 1.12 bits per heavy atom. The summed E-state index contributed by atoms with van der Waals surface area (Å²) >= 11 is 2.97. The highest BCUT2D eigenvalue weighted by Crippen LogP contribution is 2.48. The van der Waals surface area contributed by atoms with Gasteiger partial charge in [0, 0.05) is 21.9 Å². The Bertz CT molecular complexity index is 1350. The number of rotatable bonds is 5. The van der Waals surface area contributed by atoms with Crippen LogP contribution in [0.15, 0.2) is 29.1 Å². The second kappa shape index (κ2) is 8.49. The average Bonchev–Trinajstić information content (AvgIpc) is 3.30. The van der Waals surface area contributed by atoms with Gasteiger partial charge in [0.25, 0.3) is 0 Å². The number of hydrogen-bond donors (Lipinski definition) is 2. The van der Waals surface area contributed by atoms with Gasteiger partial charge in [0.2, 0.25) is 5.88 Å². The second-order valence-corrected chi connectivity index (χ2v) is 10.9. The molecule has 0 radical (unpaired) electrons. The molecule has 6 heteroatoms. The lowest BCUT2D eigenvalue weighted by molar-refractivity contribution is 0.445. The molecule has 4 nitrogen and oxygen atoms in total. The number of fused-ring (bicyclic) bond motifs is 3. The fraction of sp³-hybridized carbons (Fsp3) is 0.385. The molecule has 1 aliphatic carbocycles. The van der Waals surface area contributed by atoms with E-state index in [0.717, 1.165) is 58.0 Å². The lowest BCUT2D eigenvalue weighted by atomic mass is 9.83. The largest absolute Gasteiger partial charge is 0.494 e. The highest BCUT2D eigenvalue weighted by atomic mass is 32.1. The van der Waals surface area contributed by atoms with E-state index < -0.39 is 0 Å². The summed E-state index contributed by atoms with van der Waals surface area (Å²) in [6.07, 6.45) is 6.49. The van der Waals surface area contributed by atoms with Gasteiger partial charge in [-0.05, 0) is 68.2 Å². The number of pyridine rings is 1. The van der Waals surface area contributed by atoms with Gasteiger partial charge < -0.3 is 5.11 Å². The zero-order chi connectivity index (χ0) is 22.4. The van der Waals surface area contributed by atoms with Gasteiger partial charge in [0.15, 0.2) is 0 Å². The van der Waals surface area contributed by atoms with Crippen molar-refractivity contribution >= 4 is 32.9 Å². The number of aromatic hydroxyl groups is 1. The minimum Gasteiger partial charge on any atom is -0.494 e. The molecule has 3 aromatic heterocycles. The molecular formula is C26H28N2O2S2. The van der Waals surface area contributed by atoms with Gasteiger partial charge in [-0.2, -0.15) is 0 Å². The molecule has 4 aromatic rings. The van der Waals surface area contributed by atoms with Crippen molar-refractivity contribution in [3.63, 3.8) is 0 Å². The van der Waals surface area contributed by atoms with Crippen LogP contribution in [-0.4, -0.2) is 15.1 Å². The first-order valence-electron chi connectivity index (χ1n) is 11.4. The predicted molar refractivity (Wildman–Crippen MR) is 135 cm³/mol. The summed E-state index contributed by atoms with van der Waals surface area (Å²) < 4.78 is 0. The van der Waals surface area contributed by atoms with Crippen LogP contribution in [0.4, 0.5) is 0 Å². The molecule has 1 aromatic carbocycles. The van der Waals surface area contributed by atoms with Crippen LogP contribution in [0, 0.1) is 13.8 Å². The number of aromatic amines is 1. The van der Waals surface area contributed by atoms with E-state index >= 15 is 0 Å². The van der Waals surface area contributed by atoms with E-state index in [2.05, 4.69) is 50.0 Å². The zero-order valence-corrected chi connectivity index (χ0v) is 20.4. The molecule has 5 rings (SSSR count). The molecule has 0 aliphatic heterocycles. The lowest BCUT2D eigenvalue weighted by Crippen LogP contribution is -2.08. The molecule has 0 amide bonds. The molecule has 0 fully saturated rings. The molecule has 0 saturated heterocycles. The minimum absolute atomic E-state index is 0.000139. The van der Waals surface area contributed by atoms with Crippen LogP contribution in [0.5, 0.6) is 5.88 Å². The molecule has 2 N–H and O–H groups in total. The Hall–Kier alpha value is -2.44. The van der Waals surface area contributed by atoms with Crippen LogP contribution in [-0.2, 0) is 12.8 Å². The van der Waals surface area contributed by atoms with Gasteiger partial charge in [-0.15, -0.1) is 11.3 Å². The van der Waals surface area contributed by atoms with Gasteiger partial charge >= 0.3 is 4.87 Å². The number of H-pyrrole nitrogens is 1. The third-order valence-corrected chi connectivity index (χ3v) is 8.74. The predicted octanol–water partition coefficient (Wildman–Crippen LogP) is 6.85. The molecule has 1 atom stereocenters. The number of thiazole rings is 1. The van der Waals surface area contributed by atoms with Crippen molar-refractivity contribution in [2.75, 3.05) is 0 Å². The zero-order valence-electron chi connectivity index (χ0n) is 18.7. The van der Waals surface area contributed by atoms with Crippen molar-refractivity contribution in [3.8, 4) is 17.0 Å². The summed E-state index contributed by atoms with van der Waals surface area (Å²) in [7, 11) is 0. The Kier molecular flexibility index (Phi) is 5.68. The normalized spacial score (nSPS) is 14.6. The quantitative estimate of drug-likeness (QED) is 0.339. The number of benzene rings is 1. The number of hydrogen-bond acceptors (Lipinski definition) is 5. The van der Waals surface area contributed by atoms with Gasteiger partial charge in [0.1, 0.15) is 4.83 Å². The highest BCUT2D eigenvalue weighted by Gasteiger charge is 2.30. The fourth-order valence-corrected chi connectivity index (χ4v) is 7.32. The monoisotopic (exact) mass is 464 g/mol. The summed E-state index contributed by atoms with van der Waals surface area (Å²) in [6, 6.07) is 8.76. The van der Waals surface area contributed by atoms with E-state index in [1.165, 1.54) is 45.4 Å². The van der Waals surface area contributed by atoms with E-state index in [9.17, 15) is 9.90 Å². The third kappa shape index (κ3) is 3.59. The van der Waals surface area contributed by atoms with Crippen LogP contribution >= 0.6 is 22.7 Å². The molecule has 166 valence electrons. The van der Waals surface area contributed by atoms with Crippen molar-refractivity contribution in [2.45, 2.75) is 65.2 Å². The Labute approximate surface area is 196 Å². The lowest BCUT2D eigenvalue weighted by Gasteiger charge is -2.23. The van der Waals surface area contributed by atoms with Gasteiger partial charge in [-0.25, -0.2) is 4.98 Å². The molecule has 32 heavy (non-hydrogen) atoms. The van der Waals surface area contributed by atoms with Gasteiger partial charge in [-0.1, -0.05) is 54.5 Å². The number of aromatic nitrogens is 2. The Balaban J connectivity index is 1.88. The summed E-state index contributed by atoms with van der Waals surface area (Å²) in [4.78, 5) is 22.9. The maximum Gasteiger partial charge on any atom is 0.307 e. The first kappa shape index (κ1) is 21.4. The van der Waals surface area contributed by atoms with E-state index in [-0.39, 0.29) is 16.7 Å². The van der Waals surface area contributed by atoms with Crippen LogP contribution in [0.1, 0.15) is 70.7 Å². The molecule has 1 aliphatic rings. The molecule has 0 saturated carbocycles. The van der Waals surface area contributed by atoms with E-state index in [4.69, 9.17) is 4.98 Å². The average molecular weight is 465 g/mol. The molecule has 1 unspecified atom stereocenters. The van der Waals surface area contributed by atoms with E-state index in [0.29, 0.717) is 0 Å². The Morgan fingerprint density at radius 2 is 1.88 bits per heavy atom. The summed E-state index contributed by atoms with van der Waals surface area (Å²) in [5, 5.41) is 11.9. The first-order valence-corrected chi connectivity index (χ1v) is 13.0. The number of aryl methyl sites for hydroxylation is 4. The highest BCUT2D eigenvalue weighted by molar-refractivity contribution is 7.19. The van der Waals surface area contributed by atoms with Crippen LogP contribution in [0.2, 0.25) is 0 Å². The summed E-state index contributed by atoms with van der Waals surface area (Å²) in [5.41, 5.74) is 7.27. The molecule has 0 bridgehead atoms. The number of nitrogens with zero attached hydrogens (tertiary/aromatic N) is 1. The Morgan fingerprint density at radius 3 is 2.56 bits per heavy atom. The standard InChI is InChI=1S/C26H28N2O2S2/c1-4-7-18(23-24(29)28-26(30)32-23)20-15(3)27-25-22(17-8-5-6-9-19(17)31-25)21(20)16-12-10-14(2)11-13-16/h10-13,18,29H,4-9H2,1-3H3,(H,28,30). The summed E-state index contributed by atoms with van der Waals surface area (Å²) in [6.45, 7) is 6.35. The number of thiophene rings is 1.